The number of amides is 1. The van der Waals surface area contributed by atoms with Gasteiger partial charge < -0.3 is 21.5 Å². The molecule has 1 rings (SSSR count). The summed E-state index contributed by atoms with van der Waals surface area (Å²) in [4.78, 5) is 22.8. The summed E-state index contributed by atoms with van der Waals surface area (Å²) in [5, 5.41) is 15.2. The number of carbonyl (C=O) groups is 2. The van der Waals surface area contributed by atoms with Crippen molar-refractivity contribution in [3.8, 4) is 0 Å². The minimum Gasteiger partial charge on any atom is -0.480 e. The zero-order valence-corrected chi connectivity index (χ0v) is 13.1. The highest BCUT2D eigenvalue weighted by molar-refractivity contribution is 6.30. The summed E-state index contributed by atoms with van der Waals surface area (Å²) in [7, 11) is 0. The number of nitrogens with two attached hydrogens (primary N) is 1. The molecular weight excluding hydrogens is 306 g/mol. The van der Waals surface area contributed by atoms with Gasteiger partial charge in [-0.3, -0.25) is 4.79 Å². The molecule has 1 amide bonds. The SMILES string of the molecule is NCCCCC(NC(=O)CNCc1ccc(Cl)cc1)C(=O)O. The molecule has 5 N–H and O–H groups in total. The van der Waals surface area contributed by atoms with E-state index in [-0.39, 0.29) is 12.5 Å². The van der Waals surface area contributed by atoms with Gasteiger partial charge in [-0.05, 0) is 43.5 Å². The van der Waals surface area contributed by atoms with Crippen molar-refractivity contribution in [1.82, 2.24) is 10.6 Å². The molecule has 0 spiro atoms. The van der Waals surface area contributed by atoms with Crippen LogP contribution in [0, 0.1) is 0 Å². The van der Waals surface area contributed by atoms with E-state index in [0.29, 0.717) is 31.0 Å². The zero-order chi connectivity index (χ0) is 16.4. The van der Waals surface area contributed by atoms with Crippen molar-refractivity contribution in [2.24, 2.45) is 5.73 Å². The number of aliphatic carboxylic acids is 1. The van der Waals surface area contributed by atoms with Crippen LogP contribution in [0.15, 0.2) is 24.3 Å². The van der Waals surface area contributed by atoms with Crippen LogP contribution < -0.4 is 16.4 Å². The fraction of sp³-hybridized carbons (Fsp3) is 0.467. The molecule has 1 aromatic carbocycles. The van der Waals surface area contributed by atoms with Crippen molar-refractivity contribution in [3.63, 3.8) is 0 Å². The van der Waals surface area contributed by atoms with Crippen molar-refractivity contribution in [2.45, 2.75) is 31.8 Å². The van der Waals surface area contributed by atoms with E-state index >= 15 is 0 Å². The second-order valence-electron chi connectivity index (χ2n) is 4.97. The lowest BCUT2D eigenvalue weighted by atomic mass is 10.1. The first-order chi connectivity index (χ1) is 10.5. The fourth-order valence-corrected chi connectivity index (χ4v) is 2.04. The van der Waals surface area contributed by atoms with Crippen LogP contribution in [0.4, 0.5) is 0 Å². The first kappa shape index (κ1) is 18.4. The summed E-state index contributed by atoms with van der Waals surface area (Å²) < 4.78 is 0. The van der Waals surface area contributed by atoms with E-state index in [2.05, 4.69) is 10.6 Å². The minimum atomic E-state index is -1.02. The van der Waals surface area contributed by atoms with Crippen LogP contribution in [-0.4, -0.2) is 36.1 Å². The zero-order valence-electron chi connectivity index (χ0n) is 12.3. The molecule has 0 bridgehead atoms. The number of halogens is 1. The van der Waals surface area contributed by atoms with Crippen LogP contribution >= 0.6 is 11.6 Å². The molecule has 22 heavy (non-hydrogen) atoms. The average molecular weight is 328 g/mol. The lowest BCUT2D eigenvalue weighted by Gasteiger charge is -2.14. The molecular formula is C15H22ClN3O3. The minimum absolute atomic E-state index is 0.0588. The Hall–Kier alpha value is -1.63. The molecule has 0 saturated heterocycles. The molecule has 1 aromatic rings. The fourth-order valence-electron chi connectivity index (χ4n) is 1.92. The second-order valence-corrected chi connectivity index (χ2v) is 5.41. The predicted octanol–water partition coefficient (Wildman–Crippen LogP) is 1.13. The molecule has 0 aliphatic heterocycles. The highest BCUT2D eigenvalue weighted by Gasteiger charge is 2.18. The highest BCUT2D eigenvalue weighted by Crippen LogP contribution is 2.09. The molecule has 0 radical (unpaired) electrons. The Morgan fingerprint density at radius 1 is 1.23 bits per heavy atom. The molecule has 1 unspecified atom stereocenters. The Labute approximate surface area is 135 Å². The number of carboxylic acid groups (broad SMARTS) is 1. The maximum atomic E-state index is 11.8. The molecule has 0 fully saturated rings. The molecule has 0 heterocycles. The molecule has 0 aromatic heterocycles. The molecule has 6 nitrogen and oxygen atoms in total. The third-order valence-electron chi connectivity index (χ3n) is 3.11. The van der Waals surface area contributed by atoms with Crippen molar-refractivity contribution in [2.75, 3.05) is 13.1 Å². The largest absolute Gasteiger partial charge is 0.480 e. The van der Waals surface area contributed by atoms with Gasteiger partial charge in [0.15, 0.2) is 0 Å². The second kappa shape index (κ2) is 10.2. The molecule has 7 heteroatoms. The summed E-state index contributed by atoms with van der Waals surface area (Å²) in [6.45, 7) is 1.09. The number of hydrogen-bond donors (Lipinski definition) is 4. The van der Waals surface area contributed by atoms with E-state index < -0.39 is 12.0 Å². The standard InChI is InChI=1S/C15H22ClN3O3/c16-12-6-4-11(5-7-12)9-18-10-14(20)19-13(15(21)22)3-1-2-8-17/h4-7,13,18H,1-3,8-10,17H2,(H,19,20)(H,21,22). The lowest BCUT2D eigenvalue weighted by molar-refractivity contribution is -0.141. The number of carboxylic acids is 1. The molecule has 1 atom stereocenters. The highest BCUT2D eigenvalue weighted by atomic mass is 35.5. The van der Waals surface area contributed by atoms with Gasteiger partial charge in [0.1, 0.15) is 6.04 Å². The number of rotatable bonds is 10. The summed E-state index contributed by atoms with van der Waals surface area (Å²) in [5.41, 5.74) is 6.36. The Morgan fingerprint density at radius 3 is 2.50 bits per heavy atom. The Morgan fingerprint density at radius 2 is 1.91 bits per heavy atom. The van der Waals surface area contributed by atoms with Crippen LogP contribution in [0.3, 0.4) is 0 Å². The van der Waals surface area contributed by atoms with Gasteiger partial charge in [-0.15, -0.1) is 0 Å². The van der Waals surface area contributed by atoms with E-state index in [0.717, 1.165) is 12.0 Å². The predicted molar refractivity (Wildman–Crippen MR) is 85.6 cm³/mol. The van der Waals surface area contributed by atoms with E-state index in [1.807, 2.05) is 12.1 Å². The summed E-state index contributed by atoms with van der Waals surface area (Å²) in [5.74, 6) is -1.36. The van der Waals surface area contributed by atoms with E-state index in [4.69, 9.17) is 22.4 Å². The van der Waals surface area contributed by atoms with Gasteiger partial charge in [0, 0.05) is 11.6 Å². The van der Waals surface area contributed by atoms with Gasteiger partial charge in [-0.25, -0.2) is 4.79 Å². The lowest BCUT2D eigenvalue weighted by Crippen LogP contribution is -2.44. The molecule has 0 aliphatic carbocycles. The average Bonchev–Trinajstić information content (AvgIpc) is 2.48. The third-order valence-corrected chi connectivity index (χ3v) is 3.36. The van der Waals surface area contributed by atoms with Gasteiger partial charge in [0.2, 0.25) is 5.91 Å². The van der Waals surface area contributed by atoms with Crippen LogP contribution in [0.2, 0.25) is 5.02 Å². The Balaban J connectivity index is 2.30. The summed E-state index contributed by atoms with van der Waals surface area (Å²) in [6, 6.07) is 6.41. The van der Waals surface area contributed by atoms with Crippen LogP contribution in [0.25, 0.3) is 0 Å². The molecule has 0 saturated carbocycles. The smallest absolute Gasteiger partial charge is 0.326 e. The quantitative estimate of drug-likeness (QED) is 0.482. The van der Waals surface area contributed by atoms with Crippen LogP contribution in [-0.2, 0) is 16.1 Å². The topological polar surface area (TPSA) is 104 Å². The maximum Gasteiger partial charge on any atom is 0.326 e. The first-order valence-electron chi connectivity index (χ1n) is 7.20. The van der Waals surface area contributed by atoms with Crippen molar-refractivity contribution < 1.29 is 14.7 Å². The van der Waals surface area contributed by atoms with E-state index in [9.17, 15) is 9.59 Å². The van der Waals surface area contributed by atoms with Gasteiger partial charge in [0.25, 0.3) is 0 Å². The van der Waals surface area contributed by atoms with Crippen molar-refractivity contribution in [3.05, 3.63) is 34.9 Å². The van der Waals surface area contributed by atoms with E-state index in [1.165, 1.54) is 0 Å². The maximum absolute atomic E-state index is 11.8. The van der Waals surface area contributed by atoms with Crippen LogP contribution in [0.1, 0.15) is 24.8 Å². The van der Waals surface area contributed by atoms with Gasteiger partial charge in [-0.1, -0.05) is 23.7 Å². The first-order valence-corrected chi connectivity index (χ1v) is 7.58. The third kappa shape index (κ3) is 7.40. The van der Waals surface area contributed by atoms with Gasteiger partial charge >= 0.3 is 5.97 Å². The summed E-state index contributed by atoms with van der Waals surface area (Å²) in [6.07, 6.45) is 1.80. The van der Waals surface area contributed by atoms with Crippen molar-refractivity contribution in [1.29, 1.82) is 0 Å². The Kier molecular flexibility index (Phi) is 8.50. The van der Waals surface area contributed by atoms with Gasteiger partial charge in [-0.2, -0.15) is 0 Å². The molecule has 122 valence electrons. The number of nitrogens with one attached hydrogen (secondary N) is 2. The van der Waals surface area contributed by atoms with E-state index in [1.54, 1.807) is 12.1 Å². The summed E-state index contributed by atoms with van der Waals surface area (Å²) >= 11 is 5.79. The number of unbranched alkanes of at least 4 members (excludes halogenated alkanes) is 1. The van der Waals surface area contributed by atoms with Crippen LogP contribution in [0.5, 0.6) is 0 Å². The molecule has 0 aliphatic rings. The van der Waals surface area contributed by atoms with Crippen molar-refractivity contribution >= 4 is 23.5 Å². The van der Waals surface area contributed by atoms with Gasteiger partial charge in [0.05, 0.1) is 6.54 Å². The Bertz CT molecular complexity index is 479. The number of hydrogen-bond acceptors (Lipinski definition) is 4. The monoisotopic (exact) mass is 327 g/mol. The normalized spacial score (nSPS) is 11.9. The number of carbonyl (C=O) groups excluding carboxylic acids is 1. The number of benzene rings is 1.